The molecule has 0 N–H and O–H groups in total. The summed E-state index contributed by atoms with van der Waals surface area (Å²) in [6, 6.07) is 6.81. The van der Waals surface area contributed by atoms with Gasteiger partial charge in [-0.25, -0.2) is 0 Å². The van der Waals surface area contributed by atoms with Gasteiger partial charge in [0.15, 0.2) is 9.04 Å². The highest BCUT2D eigenvalue weighted by atomic mass is 28.3. The number of imide groups is 1. The normalized spacial score (nSPS) is 20.8. The number of rotatable bonds is 5. The second kappa shape index (κ2) is 6.09. The zero-order valence-electron chi connectivity index (χ0n) is 14.8. The monoisotopic (exact) mass is 347 g/mol. The maximum absolute atomic E-state index is 12.4. The van der Waals surface area contributed by atoms with Crippen molar-refractivity contribution in [3.05, 3.63) is 35.4 Å². The SMILES string of the molecule is C[SiH](OC1(CON2C(=O)c3ccccc3C2=O)CCC1)C(C)(C)C. The third-order valence-corrected chi connectivity index (χ3v) is 8.42. The second-order valence-electron chi connectivity index (χ2n) is 7.89. The first-order valence-electron chi connectivity index (χ1n) is 8.52. The molecule has 130 valence electrons. The lowest BCUT2D eigenvalue weighted by Crippen LogP contribution is -2.51. The van der Waals surface area contributed by atoms with E-state index in [0.717, 1.165) is 24.3 Å². The van der Waals surface area contributed by atoms with Crippen LogP contribution in [0.3, 0.4) is 0 Å². The Hall–Kier alpha value is -1.50. The predicted octanol–water partition coefficient (Wildman–Crippen LogP) is 3.31. The lowest BCUT2D eigenvalue weighted by atomic mass is 9.81. The molecule has 1 aliphatic heterocycles. The van der Waals surface area contributed by atoms with Gasteiger partial charge in [0.1, 0.15) is 6.61 Å². The fraction of sp³-hybridized carbons (Fsp3) is 0.556. The quantitative estimate of drug-likeness (QED) is 0.606. The summed E-state index contributed by atoms with van der Waals surface area (Å²) < 4.78 is 6.41. The molecule has 1 unspecified atom stereocenters. The summed E-state index contributed by atoms with van der Waals surface area (Å²) in [5, 5.41) is 1.06. The van der Waals surface area contributed by atoms with E-state index in [-0.39, 0.29) is 29.1 Å². The van der Waals surface area contributed by atoms with E-state index in [0.29, 0.717) is 11.1 Å². The number of carbonyl (C=O) groups is 2. The van der Waals surface area contributed by atoms with Crippen molar-refractivity contribution in [1.29, 1.82) is 0 Å². The van der Waals surface area contributed by atoms with Crippen LogP contribution in [0.15, 0.2) is 24.3 Å². The average molecular weight is 347 g/mol. The molecular formula is C18H25NO4Si. The minimum absolute atomic E-state index is 0.165. The van der Waals surface area contributed by atoms with Gasteiger partial charge in [-0.1, -0.05) is 32.9 Å². The Kier molecular flexibility index (Phi) is 4.40. The lowest BCUT2D eigenvalue weighted by molar-refractivity contribution is -0.161. The van der Waals surface area contributed by atoms with Crippen molar-refractivity contribution >= 4 is 20.9 Å². The van der Waals surface area contributed by atoms with E-state index >= 15 is 0 Å². The molecule has 0 spiro atoms. The van der Waals surface area contributed by atoms with Crippen LogP contribution >= 0.6 is 0 Å². The molecule has 2 aliphatic rings. The first-order valence-corrected chi connectivity index (χ1v) is 10.7. The molecule has 24 heavy (non-hydrogen) atoms. The molecule has 1 heterocycles. The Bertz CT molecular complexity index is 628. The van der Waals surface area contributed by atoms with Crippen LogP contribution in [0.5, 0.6) is 0 Å². The topological polar surface area (TPSA) is 55.8 Å². The summed E-state index contributed by atoms with van der Waals surface area (Å²) in [6.07, 6.45) is 2.93. The first kappa shape index (κ1) is 17.3. The van der Waals surface area contributed by atoms with Gasteiger partial charge in [-0.05, 0) is 43.0 Å². The molecule has 0 bridgehead atoms. The number of hydrogen-bond acceptors (Lipinski definition) is 4. The van der Waals surface area contributed by atoms with Crippen molar-refractivity contribution in [3.63, 3.8) is 0 Å². The van der Waals surface area contributed by atoms with E-state index in [1.54, 1.807) is 24.3 Å². The number of fused-ring (bicyclic) bond motifs is 1. The summed E-state index contributed by atoms with van der Waals surface area (Å²) >= 11 is 0. The molecule has 1 saturated carbocycles. The molecule has 1 aliphatic carbocycles. The smallest absolute Gasteiger partial charge is 0.285 e. The van der Waals surface area contributed by atoms with Crippen molar-refractivity contribution in [2.24, 2.45) is 0 Å². The van der Waals surface area contributed by atoms with Crippen LogP contribution in [0.1, 0.15) is 60.7 Å². The highest BCUT2D eigenvalue weighted by molar-refractivity contribution is 6.53. The Labute approximate surface area is 144 Å². The van der Waals surface area contributed by atoms with E-state index in [2.05, 4.69) is 27.3 Å². The molecule has 1 atom stereocenters. The molecule has 1 aromatic carbocycles. The largest absolute Gasteiger partial charge is 0.412 e. The number of amides is 2. The van der Waals surface area contributed by atoms with Gasteiger partial charge in [0.05, 0.1) is 16.7 Å². The Balaban J connectivity index is 1.67. The van der Waals surface area contributed by atoms with Crippen LogP contribution in [0.25, 0.3) is 0 Å². The van der Waals surface area contributed by atoms with Gasteiger partial charge in [-0.3, -0.25) is 14.4 Å². The van der Waals surface area contributed by atoms with Gasteiger partial charge >= 0.3 is 0 Å². The highest BCUT2D eigenvalue weighted by Gasteiger charge is 2.44. The average Bonchev–Trinajstić information content (AvgIpc) is 2.73. The number of nitrogens with zero attached hydrogens (tertiary/aromatic N) is 1. The lowest BCUT2D eigenvalue weighted by Gasteiger charge is -2.45. The molecular weight excluding hydrogens is 322 g/mol. The molecule has 1 fully saturated rings. The Morgan fingerprint density at radius 1 is 1.12 bits per heavy atom. The Morgan fingerprint density at radius 3 is 2.08 bits per heavy atom. The summed E-state index contributed by atoms with van der Waals surface area (Å²) in [4.78, 5) is 30.4. The number of benzene rings is 1. The fourth-order valence-electron chi connectivity index (χ4n) is 2.89. The van der Waals surface area contributed by atoms with Crippen LogP contribution in [-0.2, 0) is 9.26 Å². The van der Waals surface area contributed by atoms with Gasteiger partial charge < -0.3 is 4.43 Å². The highest BCUT2D eigenvalue weighted by Crippen LogP contribution is 2.40. The molecule has 5 nitrogen and oxygen atoms in total. The van der Waals surface area contributed by atoms with Gasteiger partial charge in [0.2, 0.25) is 0 Å². The van der Waals surface area contributed by atoms with Crippen molar-refractivity contribution in [1.82, 2.24) is 5.06 Å². The number of hydrogen-bond donors (Lipinski definition) is 0. The van der Waals surface area contributed by atoms with Crippen LogP contribution < -0.4 is 0 Å². The summed E-state index contributed by atoms with van der Waals surface area (Å²) in [5.41, 5.74) is 0.473. The molecule has 3 rings (SSSR count). The molecule has 0 aromatic heterocycles. The van der Waals surface area contributed by atoms with E-state index in [1.165, 1.54) is 0 Å². The zero-order chi connectivity index (χ0) is 17.5. The third-order valence-electron chi connectivity index (χ3n) is 5.12. The molecule has 1 aromatic rings. The van der Waals surface area contributed by atoms with Crippen LogP contribution in [-0.4, -0.2) is 38.1 Å². The standard InChI is InChI=1S/C18H25NO4Si/c1-17(2,3)24(4)23-18(10-7-11-18)12-22-19-15(20)13-8-5-6-9-14(13)16(19)21/h5-6,8-9,24H,7,10-12H2,1-4H3. The maximum atomic E-state index is 12.4. The van der Waals surface area contributed by atoms with E-state index in [1.807, 2.05) is 0 Å². The van der Waals surface area contributed by atoms with Crippen LogP contribution in [0, 0.1) is 0 Å². The molecule has 6 heteroatoms. The van der Waals surface area contributed by atoms with Crippen LogP contribution in [0.2, 0.25) is 11.6 Å². The van der Waals surface area contributed by atoms with E-state index < -0.39 is 9.04 Å². The van der Waals surface area contributed by atoms with E-state index in [9.17, 15) is 9.59 Å². The summed E-state index contributed by atoms with van der Waals surface area (Å²) in [6.45, 7) is 9.04. The van der Waals surface area contributed by atoms with Gasteiger partial charge in [0, 0.05) is 0 Å². The zero-order valence-corrected chi connectivity index (χ0v) is 16.0. The first-order chi connectivity index (χ1) is 11.2. The summed E-state index contributed by atoms with van der Waals surface area (Å²) in [5.74, 6) is -0.766. The van der Waals surface area contributed by atoms with Crippen molar-refractivity contribution < 1.29 is 18.9 Å². The minimum atomic E-state index is -1.41. The molecule has 2 amide bonds. The van der Waals surface area contributed by atoms with Gasteiger partial charge in [-0.2, -0.15) is 0 Å². The number of carbonyl (C=O) groups excluding carboxylic acids is 2. The third kappa shape index (κ3) is 3.06. The van der Waals surface area contributed by atoms with Gasteiger partial charge in [0.25, 0.3) is 11.8 Å². The molecule has 0 saturated heterocycles. The molecule has 0 radical (unpaired) electrons. The minimum Gasteiger partial charge on any atom is -0.412 e. The Morgan fingerprint density at radius 2 is 1.67 bits per heavy atom. The van der Waals surface area contributed by atoms with E-state index in [4.69, 9.17) is 9.26 Å². The summed E-state index contributed by atoms with van der Waals surface area (Å²) in [7, 11) is -1.41. The fourth-order valence-corrected chi connectivity index (χ4v) is 4.29. The second-order valence-corrected chi connectivity index (χ2v) is 11.1. The maximum Gasteiger partial charge on any atom is 0.285 e. The number of hydroxylamine groups is 2. The van der Waals surface area contributed by atoms with Crippen molar-refractivity contribution in [2.75, 3.05) is 6.61 Å². The predicted molar refractivity (Wildman–Crippen MR) is 93.3 cm³/mol. The van der Waals surface area contributed by atoms with Gasteiger partial charge in [-0.15, -0.1) is 5.06 Å². The van der Waals surface area contributed by atoms with Crippen molar-refractivity contribution in [2.45, 2.75) is 57.2 Å². The van der Waals surface area contributed by atoms with Crippen molar-refractivity contribution in [3.8, 4) is 0 Å². The van der Waals surface area contributed by atoms with Crippen LogP contribution in [0.4, 0.5) is 0 Å².